The van der Waals surface area contributed by atoms with E-state index < -0.39 is 43.9 Å². The molecule has 56 heavy (non-hydrogen) atoms. The minimum Gasteiger partial charge on any atom is -0.282 e. The third-order valence-corrected chi connectivity index (χ3v) is 10.6. The van der Waals surface area contributed by atoms with Crippen LogP contribution < -0.4 is 9.80 Å². The van der Waals surface area contributed by atoms with E-state index in [1.807, 2.05) is 0 Å². The van der Waals surface area contributed by atoms with Gasteiger partial charge in [0.05, 0.1) is 43.9 Å². The van der Waals surface area contributed by atoms with E-state index >= 15 is 0 Å². The van der Waals surface area contributed by atoms with E-state index in [1.165, 1.54) is 109 Å². The van der Waals surface area contributed by atoms with Gasteiger partial charge in [0.2, 0.25) is 0 Å². The number of anilines is 2. The molecule has 0 unspecified atom stereocenters. The summed E-state index contributed by atoms with van der Waals surface area (Å²) in [5.41, 5.74) is 1.77. The van der Waals surface area contributed by atoms with Crippen LogP contribution >= 0.6 is 0 Å². The topological polar surface area (TPSA) is 233 Å². The first-order chi connectivity index (χ1) is 26.7. The third kappa shape index (κ3) is 6.33. The number of benzene rings is 6. The van der Waals surface area contributed by atoms with E-state index in [0.29, 0.717) is 11.4 Å². The highest BCUT2D eigenvalue weighted by molar-refractivity contribution is 7.86. The molecule has 0 spiro atoms. The van der Waals surface area contributed by atoms with Crippen LogP contribution in [-0.4, -0.2) is 49.6 Å². The number of nitrogens with zero attached hydrogens (tertiary/aromatic N) is 6. The van der Waals surface area contributed by atoms with Gasteiger partial charge in [0.1, 0.15) is 0 Å². The van der Waals surface area contributed by atoms with Crippen LogP contribution in [0, 0.1) is 0 Å². The molecule has 0 radical (unpaired) electrons. The Bertz CT molecular complexity index is 2730. The maximum absolute atomic E-state index is 13.9. The van der Waals surface area contributed by atoms with Crippen molar-refractivity contribution >= 4 is 88.8 Å². The SMILES string of the molecule is O=C1c2ccc3c4c(ccc(c24)C(=O)N1c1ccc(N=Nc2cccc(S(=O)(=O)O)c2)cc1)C(=O)N(c1ccc(N=Nc2cccc(S(=O)(=O)O)c2)cc1)C3=O. The molecule has 4 amide bonds. The van der Waals surface area contributed by atoms with Crippen LogP contribution in [0.3, 0.4) is 0 Å². The zero-order valence-corrected chi connectivity index (χ0v) is 29.8. The minimum absolute atomic E-state index is 0.105. The van der Waals surface area contributed by atoms with Gasteiger partial charge in [0.15, 0.2) is 0 Å². The first-order valence-corrected chi connectivity index (χ1v) is 19.1. The fraction of sp³-hybridized carbons (Fsp3) is 0. The van der Waals surface area contributed by atoms with Crippen molar-refractivity contribution in [3.8, 4) is 0 Å². The van der Waals surface area contributed by atoms with Crippen molar-refractivity contribution in [1.29, 1.82) is 0 Å². The van der Waals surface area contributed by atoms with Crippen molar-refractivity contribution < 1.29 is 45.1 Å². The summed E-state index contributed by atoms with van der Waals surface area (Å²) in [5.74, 6) is -2.72. The average molecular weight is 787 g/mol. The Morgan fingerprint density at radius 1 is 0.393 bits per heavy atom. The molecule has 0 bridgehead atoms. The molecule has 18 heteroatoms. The van der Waals surface area contributed by atoms with Crippen molar-refractivity contribution in [2.24, 2.45) is 20.5 Å². The van der Waals surface area contributed by atoms with Gasteiger partial charge in [-0.15, -0.1) is 0 Å². The van der Waals surface area contributed by atoms with Gasteiger partial charge in [-0.2, -0.15) is 37.3 Å². The van der Waals surface area contributed by atoms with Gasteiger partial charge in [0, 0.05) is 33.0 Å². The second-order valence-electron chi connectivity index (χ2n) is 12.3. The number of carbonyl (C=O) groups is 4. The molecule has 2 N–H and O–H groups in total. The normalized spacial score (nSPS) is 14.5. The Hall–Kier alpha value is -7.12. The largest absolute Gasteiger partial charge is 0.294 e. The molecule has 2 aliphatic heterocycles. The van der Waals surface area contributed by atoms with Crippen molar-refractivity contribution in [2.75, 3.05) is 9.80 Å². The summed E-state index contributed by atoms with van der Waals surface area (Å²) in [4.78, 5) is 56.8. The van der Waals surface area contributed by atoms with Gasteiger partial charge in [-0.1, -0.05) is 12.1 Å². The summed E-state index contributed by atoms with van der Waals surface area (Å²) in [6.07, 6.45) is 0. The highest BCUT2D eigenvalue weighted by atomic mass is 32.2. The fourth-order valence-electron chi connectivity index (χ4n) is 6.32. The van der Waals surface area contributed by atoms with Crippen LogP contribution in [0.25, 0.3) is 10.8 Å². The summed E-state index contributed by atoms with van der Waals surface area (Å²) in [7, 11) is -8.87. The molecule has 0 fully saturated rings. The predicted octanol–water partition coefficient (Wildman–Crippen LogP) is 7.77. The van der Waals surface area contributed by atoms with Crippen LogP contribution in [0.4, 0.5) is 34.1 Å². The Labute approximate surface area is 316 Å². The van der Waals surface area contributed by atoms with Crippen LogP contribution in [-0.2, 0) is 20.2 Å². The molecule has 8 rings (SSSR count). The molecule has 0 saturated carbocycles. The Kier molecular flexibility index (Phi) is 8.54. The first-order valence-electron chi connectivity index (χ1n) is 16.2. The van der Waals surface area contributed by atoms with Crippen LogP contribution in [0.2, 0.25) is 0 Å². The Morgan fingerprint density at radius 3 is 1.00 bits per heavy atom. The number of amides is 4. The highest BCUT2D eigenvalue weighted by Gasteiger charge is 2.40. The lowest BCUT2D eigenvalue weighted by Gasteiger charge is -2.32. The Morgan fingerprint density at radius 2 is 0.696 bits per heavy atom. The summed E-state index contributed by atoms with van der Waals surface area (Å²) in [5, 5.41) is 16.5. The van der Waals surface area contributed by atoms with Gasteiger partial charge in [-0.05, 0) is 109 Å². The van der Waals surface area contributed by atoms with E-state index in [-0.39, 0.29) is 65.6 Å². The molecule has 2 aliphatic rings. The molecule has 6 aromatic carbocycles. The maximum Gasteiger partial charge on any atom is 0.294 e. The Balaban J connectivity index is 1.05. The summed E-state index contributed by atoms with van der Waals surface area (Å²) < 4.78 is 64.3. The molecule has 0 atom stereocenters. The van der Waals surface area contributed by atoms with E-state index in [1.54, 1.807) is 0 Å². The van der Waals surface area contributed by atoms with E-state index in [4.69, 9.17) is 0 Å². The third-order valence-electron chi connectivity index (χ3n) is 8.90. The van der Waals surface area contributed by atoms with Crippen molar-refractivity contribution in [3.63, 3.8) is 0 Å². The molecule has 0 aliphatic carbocycles. The van der Waals surface area contributed by atoms with Gasteiger partial charge in [0.25, 0.3) is 43.9 Å². The van der Waals surface area contributed by atoms with Crippen molar-refractivity contribution in [3.05, 3.63) is 144 Å². The fourth-order valence-corrected chi connectivity index (χ4v) is 7.36. The molecular weight excluding hydrogens is 765 g/mol. The molecule has 6 aromatic rings. The molecule has 0 saturated heterocycles. The van der Waals surface area contributed by atoms with Crippen molar-refractivity contribution in [2.45, 2.75) is 9.79 Å². The zero-order valence-electron chi connectivity index (χ0n) is 28.2. The summed E-state index contributed by atoms with van der Waals surface area (Å²) >= 11 is 0. The molecule has 16 nitrogen and oxygen atoms in total. The number of hydrogen-bond acceptors (Lipinski definition) is 12. The van der Waals surface area contributed by atoms with E-state index in [2.05, 4.69) is 20.5 Å². The van der Waals surface area contributed by atoms with Gasteiger partial charge >= 0.3 is 0 Å². The van der Waals surface area contributed by atoms with Crippen LogP contribution in [0.5, 0.6) is 0 Å². The van der Waals surface area contributed by atoms with Gasteiger partial charge in [-0.25, -0.2) is 9.80 Å². The highest BCUT2D eigenvalue weighted by Crippen LogP contribution is 2.40. The van der Waals surface area contributed by atoms with Crippen LogP contribution in [0.1, 0.15) is 41.4 Å². The lowest BCUT2D eigenvalue weighted by atomic mass is 9.85. The lowest BCUT2D eigenvalue weighted by Crippen LogP contribution is -2.43. The molecule has 2 heterocycles. The van der Waals surface area contributed by atoms with Crippen LogP contribution in [0.15, 0.2) is 152 Å². The summed E-state index contributed by atoms with van der Waals surface area (Å²) in [6.45, 7) is 0. The average Bonchev–Trinajstić information content (AvgIpc) is 3.18. The number of rotatable bonds is 8. The second-order valence-corrected chi connectivity index (χ2v) is 15.2. The lowest BCUT2D eigenvalue weighted by molar-refractivity contribution is 0.0873. The van der Waals surface area contributed by atoms with E-state index in [9.17, 15) is 45.1 Å². The predicted molar refractivity (Wildman–Crippen MR) is 200 cm³/mol. The number of carbonyl (C=O) groups excluding carboxylic acids is 4. The molecule has 276 valence electrons. The smallest absolute Gasteiger partial charge is 0.282 e. The number of hydrogen-bond donors (Lipinski definition) is 2. The summed E-state index contributed by atoms with van der Waals surface area (Å²) in [6, 6.07) is 28.1. The zero-order chi connectivity index (χ0) is 39.5. The molecule has 0 aromatic heterocycles. The van der Waals surface area contributed by atoms with Crippen molar-refractivity contribution in [1.82, 2.24) is 0 Å². The van der Waals surface area contributed by atoms with E-state index in [0.717, 1.165) is 21.9 Å². The van der Waals surface area contributed by atoms with Gasteiger partial charge < -0.3 is 0 Å². The molecular formula is C38H22N6O10S2. The number of imide groups is 2. The maximum atomic E-state index is 13.9. The standard InChI is InChI=1S/C38H22N6O10S2/c45-35-29-15-17-31-34-32(38(48)44(37(31)47)26-13-9-22(10-14-26)40-42-24-4-2-6-28(20-24)56(52,53)54)18-16-30(33(29)34)36(46)43(35)25-11-7-21(8-12-25)39-41-23-3-1-5-27(19-23)55(49,50)51/h1-20H,(H,49,50,51)(H,52,53,54). The number of azo groups is 2. The van der Waals surface area contributed by atoms with Gasteiger partial charge in [-0.3, -0.25) is 28.3 Å². The second kappa shape index (κ2) is 13.3. The monoisotopic (exact) mass is 786 g/mol. The minimum atomic E-state index is -4.44. The quantitative estimate of drug-likeness (QED) is 0.0864. The first kappa shape index (κ1) is 35.9.